The molecule has 2 aromatic heterocycles. The van der Waals surface area contributed by atoms with Crippen LogP contribution in [0.15, 0.2) is 42.9 Å². The molecule has 1 atom stereocenters. The van der Waals surface area contributed by atoms with Crippen molar-refractivity contribution in [3.63, 3.8) is 0 Å². The standard InChI is InChI=1S/C12H14N4/c1-9(11-4-2-3-6-15-11)16-12-5-7-14-8-10(12)13/h2-9H,13H2,1H3,(H,14,16). The Bertz CT molecular complexity index is 456. The van der Waals surface area contributed by atoms with E-state index in [-0.39, 0.29) is 6.04 Å². The van der Waals surface area contributed by atoms with Gasteiger partial charge in [-0.15, -0.1) is 0 Å². The number of aromatic nitrogens is 2. The highest BCUT2D eigenvalue weighted by Crippen LogP contribution is 2.21. The van der Waals surface area contributed by atoms with Crippen LogP contribution in [-0.2, 0) is 0 Å². The van der Waals surface area contributed by atoms with Crippen molar-refractivity contribution in [2.75, 3.05) is 11.1 Å². The maximum absolute atomic E-state index is 5.80. The number of hydrogen-bond acceptors (Lipinski definition) is 4. The lowest BCUT2D eigenvalue weighted by Gasteiger charge is -2.15. The molecular weight excluding hydrogens is 200 g/mol. The van der Waals surface area contributed by atoms with Gasteiger partial charge in [-0.2, -0.15) is 0 Å². The van der Waals surface area contributed by atoms with Gasteiger partial charge in [-0.25, -0.2) is 0 Å². The fraction of sp³-hybridized carbons (Fsp3) is 0.167. The molecule has 4 nitrogen and oxygen atoms in total. The molecule has 2 heterocycles. The summed E-state index contributed by atoms with van der Waals surface area (Å²) in [6.07, 6.45) is 5.13. The zero-order chi connectivity index (χ0) is 11.4. The molecule has 0 aliphatic carbocycles. The zero-order valence-electron chi connectivity index (χ0n) is 9.09. The van der Waals surface area contributed by atoms with Crippen LogP contribution in [0.3, 0.4) is 0 Å². The maximum atomic E-state index is 5.80. The third-order valence-corrected chi connectivity index (χ3v) is 2.36. The van der Waals surface area contributed by atoms with Crippen LogP contribution in [0.25, 0.3) is 0 Å². The van der Waals surface area contributed by atoms with Gasteiger partial charge in [-0.05, 0) is 25.1 Å². The van der Waals surface area contributed by atoms with Crippen molar-refractivity contribution in [3.05, 3.63) is 48.5 Å². The van der Waals surface area contributed by atoms with Crippen molar-refractivity contribution >= 4 is 11.4 Å². The van der Waals surface area contributed by atoms with E-state index in [0.717, 1.165) is 11.4 Å². The Morgan fingerprint density at radius 3 is 2.81 bits per heavy atom. The summed E-state index contributed by atoms with van der Waals surface area (Å²) in [7, 11) is 0. The largest absolute Gasteiger partial charge is 0.396 e. The second-order valence-corrected chi connectivity index (χ2v) is 3.58. The summed E-state index contributed by atoms with van der Waals surface area (Å²) >= 11 is 0. The van der Waals surface area contributed by atoms with Crippen molar-refractivity contribution in [1.29, 1.82) is 0 Å². The molecule has 0 bridgehead atoms. The predicted octanol–water partition coefficient (Wildman–Crippen LogP) is 2.23. The van der Waals surface area contributed by atoms with E-state index in [4.69, 9.17) is 5.73 Å². The molecular formula is C12H14N4. The van der Waals surface area contributed by atoms with Gasteiger partial charge in [-0.3, -0.25) is 9.97 Å². The molecule has 1 unspecified atom stereocenters. The fourth-order valence-electron chi connectivity index (χ4n) is 1.48. The van der Waals surface area contributed by atoms with Crippen molar-refractivity contribution in [2.45, 2.75) is 13.0 Å². The highest BCUT2D eigenvalue weighted by molar-refractivity contribution is 5.64. The van der Waals surface area contributed by atoms with Crippen LogP contribution in [0, 0.1) is 0 Å². The Balaban J connectivity index is 2.14. The molecule has 2 aromatic rings. The summed E-state index contributed by atoms with van der Waals surface area (Å²) in [5.74, 6) is 0. The lowest BCUT2D eigenvalue weighted by molar-refractivity contribution is 0.839. The van der Waals surface area contributed by atoms with E-state index in [9.17, 15) is 0 Å². The van der Waals surface area contributed by atoms with E-state index in [2.05, 4.69) is 15.3 Å². The van der Waals surface area contributed by atoms with Crippen molar-refractivity contribution in [3.8, 4) is 0 Å². The molecule has 0 saturated heterocycles. The summed E-state index contributed by atoms with van der Waals surface area (Å²) in [5, 5.41) is 3.30. The van der Waals surface area contributed by atoms with Crippen LogP contribution in [-0.4, -0.2) is 9.97 Å². The third-order valence-electron chi connectivity index (χ3n) is 2.36. The first-order chi connectivity index (χ1) is 7.77. The van der Waals surface area contributed by atoms with Gasteiger partial charge in [0.15, 0.2) is 0 Å². The molecule has 0 radical (unpaired) electrons. The molecule has 16 heavy (non-hydrogen) atoms. The van der Waals surface area contributed by atoms with Crippen LogP contribution >= 0.6 is 0 Å². The van der Waals surface area contributed by atoms with Gasteiger partial charge >= 0.3 is 0 Å². The van der Waals surface area contributed by atoms with Gasteiger partial charge in [0.05, 0.1) is 29.3 Å². The highest BCUT2D eigenvalue weighted by Gasteiger charge is 2.07. The second-order valence-electron chi connectivity index (χ2n) is 3.58. The van der Waals surface area contributed by atoms with Crippen LogP contribution < -0.4 is 11.1 Å². The van der Waals surface area contributed by atoms with E-state index in [1.165, 1.54) is 0 Å². The zero-order valence-corrected chi connectivity index (χ0v) is 9.09. The lowest BCUT2D eigenvalue weighted by Crippen LogP contribution is -2.09. The van der Waals surface area contributed by atoms with E-state index in [0.29, 0.717) is 5.69 Å². The number of rotatable bonds is 3. The molecule has 2 rings (SSSR count). The molecule has 0 amide bonds. The molecule has 0 aliphatic heterocycles. The summed E-state index contributed by atoms with van der Waals surface area (Å²) in [6, 6.07) is 7.82. The Morgan fingerprint density at radius 2 is 2.12 bits per heavy atom. The molecule has 3 N–H and O–H groups in total. The number of hydrogen-bond donors (Lipinski definition) is 2. The normalized spacial score (nSPS) is 12.1. The van der Waals surface area contributed by atoms with Gasteiger partial charge in [0.25, 0.3) is 0 Å². The highest BCUT2D eigenvalue weighted by atomic mass is 15.0. The topological polar surface area (TPSA) is 63.8 Å². The van der Waals surface area contributed by atoms with Crippen molar-refractivity contribution < 1.29 is 0 Å². The lowest BCUT2D eigenvalue weighted by atomic mass is 10.2. The summed E-state index contributed by atoms with van der Waals surface area (Å²) in [4.78, 5) is 8.23. The van der Waals surface area contributed by atoms with E-state index in [1.807, 2.05) is 31.2 Å². The van der Waals surface area contributed by atoms with Crippen LogP contribution in [0.4, 0.5) is 11.4 Å². The first kappa shape index (κ1) is 10.4. The summed E-state index contributed by atoms with van der Waals surface area (Å²) in [6.45, 7) is 2.04. The summed E-state index contributed by atoms with van der Waals surface area (Å²) in [5.41, 5.74) is 8.31. The average molecular weight is 214 g/mol. The van der Waals surface area contributed by atoms with Gasteiger partial charge in [0, 0.05) is 12.4 Å². The predicted molar refractivity (Wildman–Crippen MR) is 64.9 cm³/mol. The molecule has 82 valence electrons. The van der Waals surface area contributed by atoms with Gasteiger partial charge in [-0.1, -0.05) is 6.07 Å². The number of nitrogens with zero attached hydrogens (tertiary/aromatic N) is 2. The van der Waals surface area contributed by atoms with Crippen LogP contribution in [0.1, 0.15) is 18.7 Å². The minimum absolute atomic E-state index is 0.117. The minimum Gasteiger partial charge on any atom is -0.396 e. The minimum atomic E-state index is 0.117. The molecule has 0 spiro atoms. The quantitative estimate of drug-likeness (QED) is 0.822. The Labute approximate surface area is 94.5 Å². The third kappa shape index (κ3) is 2.28. The average Bonchev–Trinajstić information content (AvgIpc) is 2.33. The van der Waals surface area contributed by atoms with Crippen molar-refractivity contribution in [1.82, 2.24) is 9.97 Å². The fourth-order valence-corrected chi connectivity index (χ4v) is 1.48. The first-order valence-corrected chi connectivity index (χ1v) is 5.14. The van der Waals surface area contributed by atoms with Crippen molar-refractivity contribution in [2.24, 2.45) is 0 Å². The Kier molecular flexibility index (Phi) is 3.00. The van der Waals surface area contributed by atoms with Gasteiger partial charge in [0.2, 0.25) is 0 Å². The smallest absolute Gasteiger partial charge is 0.0736 e. The van der Waals surface area contributed by atoms with Gasteiger partial charge in [0.1, 0.15) is 0 Å². The summed E-state index contributed by atoms with van der Waals surface area (Å²) < 4.78 is 0. The molecule has 4 heteroatoms. The van der Waals surface area contributed by atoms with Crippen LogP contribution in [0.5, 0.6) is 0 Å². The first-order valence-electron chi connectivity index (χ1n) is 5.14. The van der Waals surface area contributed by atoms with Crippen LogP contribution in [0.2, 0.25) is 0 Å². The number of anilines is 2. The van der Waals surface area contributed by atoms with E-state index < -0.39 is 0 Å². The maximum Gasteiger partial charge on any atom is 0.0736 e. The van der Waals surface area contributed by atoms with Gasteiger partial charge < -0.3 is 11.1 Å². The molecule has 0 fully saturated rings. The number of nitrogens with two attached hydrogens (primary N) is 1. The monoisotopic (exact) mass is 214 g/mol. The second kappa shape index (κ2) is 4.61. The number of pyridine rings is 2. The molecule has 0 aromatic carbocycles. The number of nitrogen functional groups attached to an aromatic ring is 1. The Hall–Kier alpha value is -2.10. The Morgan fingerprint density at radius 1 is 1.25 bits per heavy atom. The molecule has 0 aliphatic rings. The molecule has 0 saturated carbocycles. The number of nitrogens with one attached hydrogen (secondary N) is 1. The SMILES string of the molecule is CC(Nc1ccncc1N)c1ccccn1. The van der Waals surface area contributed by atoms with E-state index >= 15 is 0 Å². The van der Waals surface area contributed by atoms with E-state index in [1.54, 1.807) is 18.6 Å².